The number of rotatable bonds is 4. The number of ether oxygens (including phenoxy) is 1. The molecule has 5 rings (SSSR count). The van der Waals surface area contributed by atoms with Gasteiger partial charge >= 0.3 is 12.1 Å². The maximum absolute atomic E-state index is 13.1. The van der Waals surface area contributed by atoms with E-state index < -0.39 is 12.1 Å². The second-order valence-corrected chi connectivity index (χ2v) is 11.1. The van der Waals surface area contributed by atoms with E-state index in [0.29, 0.717) is 35.3 Å². The molecule has 1 aliphatic carbocycles. The van der Waals surface area contributed by atoms with Gasteiger partial charge in [-0.2, -0.15) is 13.2 Å². The van der Waals surface area contributed by atoms with Crippen molar-refractivity contribution in [3.8, 4) is 5.75 Å². The van der Waals surface area contributed by atoms with Gasteiger partial charge in [0.05, 0.1) is 18.6 Å². The highest BCUT2D eigenvalue weighted by Crippen LogP contribution is 2.45. The number of aliphatic carboxylic acids is 1. The molecule has 0 radical (unpaired) electrons. The van der Waals surface area contributed by atoms with Crippen molar-refractivity contribution in [2.45, 2.75) is 50.2 Å². The van der Waals surface area contributed by atoms with Crippen molar-refractivity contribution in [3.05, 3.63) is 28.8 Å². The molecule has 0 unspecified atom stereocenters. The van der Waals surface area contributed by atoms with Crippen molar-refractivity contribution in [3.63, 3.8) is 0 Å². The van der Waals surface area contributed by atoms with Crippen LogP contribution >= 0.6 is 11.6 Å². The number of nitrogens with one attached hydrogen (secondary N) is 1. The first-order valence-electron chi connectivity index (χ1n) is 12.9. The molecule has 2 amide bonds. The second kappa shape index (κ2) is 11.3. The molecule has 38 heavy (non-hydrogen) atoms. The molecule has 4 aliphatic rings. The van der Waals surface area contributed by atoms with Gasteiger partial charge in [0.25, 0.3) is 5.91 Å². The number of halogens is 4. The summed E-state index contributed by atoms with van der Waals surface area (Å²) in [5, 5.41) is 11.0. The number of fused-ring (bicyclic) bond motifs is 2. The molecular weight excluding hydrogens is 527 g/mol. The third-order valence-electron chi connectivity index (χ3n) is 8.38. The zero-order valence-corrected chi connectivity index (χ0v) is 22.0. The highest BCUT2D eigenvalue weighted by molar-refractivity contribution is 6.30. The van der Waals surface area contributed by atoms with E-state index in [9.17, 15) is 22.8 Å². The molecule has 1 aromatic rings. The number of carbonyl (C=O) groups is 3. The number of amides is 2. The van der Waals surface area contributed by atoms with Crippen LogP contribution in [0.5, 0.6) is 5.75 Å². The van der Waals surface area contributed by atoms with E-state index in [1.165, 1.54) is 25.7 Å². The Morgan fingerprint density at radius 2 is 1.82 bits per heavy atom. The number of hydrogen-bond acceptors (Lipinski definition) is 5. The molecule has 210 valence electrons. The Labute approximate surface area is 224 Å². The summed E-state index contributed by atoms with van der Waals surface area (Å²) >= 11 is 6.05. The number of carboxylic acids is 1. The van der Waals surface area contributed by atoms with Gasteiger partial charge in [-0.1, -0.05) is 24.4 Å². The van der Waals surface area contributed by atoms with Crippen molar-refractivity contribution >= 4 is 29.4 Å². The summed E-state index contributed by atoms with van der Waals surface area (Å²) in [6.45, 7) is 4.36. The van der Waals surface area contributed by atoms with E-state index in [1.54, 1.807) is 25.3 Å². The number of hydrogen-bond donors (Lipinski definition) is 2. The smallest absolute Gasteiger partial charge is 0.490 e. The number of carboxylic acid groups (broad SMARTS) is 1. The first-order valence-corrected chi connectivity index (χ1v) is 13.3. The third-order valence-corrected chi connectivity index (χ3v) is 8.62. The standard InChI is InChI=1S/C24H32ClN3O3.C2HF3O2/c1-31-21-12-17(25)6-7-18(21)23(30)28-10-8-24(9-11-28)20-15-27(13-16-4-2-3-5-16)14-19(20)22(29)26-24;3-2(4,5)1(6)7/h6-7,12,16,19-20H,2-5,8-11,13-15H2,1H3,(H,26,29);(H,6,7)/t19-,20+;/m1./s1. The average molecular weight is 560 g/mol. The maximum atomic E-state index is 13.1. The van der Waals surface area contributed by atoms with Gasteiger partial charge in [0.2, 0.25) is 5.91 Å². The molecule has 0 bridgehead atoms. The van der Waals surface area contributed by atoms with E-state index in [-0.39, 0.29) is 23.3 Å². The first-order chi connectivity index (χ1) is 17.9. The molecule has 8 nitrogen and oxygen atoms in total. The van der Waals surface area contributed by atoms with Crippen molar-refractivity contribution in [2.24, 2.45) is 17.8 Å². The molecule has 3 aliphatic heterocycles. The minimum atomic E-state index is -5.08. The van der Waals surface area contributed by atoms with Crippen LogP contribution in [0.4, 0.5) is 13.2 Å². The minimum Gasteiger partial charge on any atom is -0.496 e. The minimum absolute atomic E-state index is 0.0291. The van der Waals surface area contributed by atoms with E-state index in [2.05, 4.69) is 10.2 Å². The number of nitrogens with zero attached hydrogens (tertiary/aromatic N) is 2. The lowest BCUT2D eigenvalue weighted by atomic mass is 9.75. The highest BCUT2D eigenvalue weighted by atomic mass is 35.5. The summed E-state index contributed by atoms with van der Waals surface area (Å²) in [6.07, 6.45) is 1.95. The van der Waals surface area contributed by atoms with Crippen molar-refractivity contribution in [1.29, 1.82) is 0 Å². The monoisotopic (exact) mass is 559 g/mol. The number of benzene rings is 1. The predicted molar refractivity (Wildman–Crippen MR) is 133 cm³/mol. The Bertz CT molecular complexity index is 1060. The van der Waals surface area contributed by atoms with Crippen LogP contribution in [0.1, 0.15) is 48.9 Å². The summed E-state index contributed by atoms with van der Waals surface area (Å²) < 4.78 is 37.1. The summed E-state index contributed by atoms with van der Waals surface area (Å²) in [5.41, 5.74) is 0.382. The molecule has 4 fully saturated rings. The number of carbonyl (C=O) groups excluding carboxylic acids is 2. The molecule has 1 spiro atoms. The van der Waals surface area contributed by atoms with Crippen molar-refractivity contribution in [2.75, 3.05) is 39.8 Å². The van der Waals surface area contributed by atoms with E-state index in [1.807, 2.05) is 4.90 Å². The average Bonchev–Trinajstić information content (AvgIpc) is 3.59. The van der Waals surface area contributed by atoms with E-state index >= 15 is 0 Å². The summed E-state index contributed by atoms with van der Waals surface area (Å²) in [5.74, 6) is -0.773. The third kappa shape index (κ3) is 6.03. The maximum Gasteiger partial charge on any atom is 0.490 e. The van der Waals surface area contributed by atoms with E-state index in [0.717, 1.165) is 38.4 Å². The van der Waals surface area contributed by atoms with Crippen LogP contribution < -0.4 is 10.1 Å². The van der Waals surface area contributed by atoms with Gasteiger partial charge in [0.1, 0.15) is 5.75 Å². The fourth-order valence-electron chi connectivity index (χ4n) is 6.47. The molecule has 3 saturated heterocycles. The van der Waals surface area contributed by atoms with Crippen LogP contribution in [0.25, 0.3) is 0 Å². The number of likely N-dealkylation sites (tertiary alicyclic amines) is 2. The van der Waals surface area contributed by atoms with Crippen molar-refractivity contribution in [1.82, 2.24) is 15.1 Å². The Morgan fingerprint density at radius 1 is 1.18 bits per heavy atom. The van der Waals surface area contributed by atoms with Crippen LogP contribution in [-0.4, -0.2) is 84.2 Å². The molecule has 2 atom stereocenters. The van der Waals surface area contributed by atoms with Crippen LogP contribution in [0.3, 0.4) is 0 Å². The summed E-state index contributed by atoms with van der Waals surface area (Å²) in [6, 6.07) is 5.14. The molecule has 3 heterocycles. The van der Waals surface area contributed by atoms with Crippen LogP contribution in [-0.2, 0) is 9.59 Å². The quantitative estimate of drug-likeness (QED) is 0.582. The number of methoxy groups -OCH3 is 1. The number of alkyl halides is 3. The SMILES string of the molecule is COc1cc(Cl)ccc1C(=O)N1CCC2(CC1)NC(=O)[C@@H]1CN(CC3CCCC3)C[C@@H]12.O=C(O)C(F)(F)F. The van der Waals surface area contributed by atoms with Crippen LogP contribution in [0.2, 0.25) is 5.02 Å². The topological polar surface area (TPSA) is 99.2 Å². The molecule has 0 aromatic heterocycles. The first kappa shape index (κ1) is 28.5. The fourth-order valence-corrected chi connectivity index (χ4v) is 6.63. The largest absolute Gasteiger partial charge is 0.496 e. The predicted octanol–water partition coefficient (Wildman–Crippen LogP) is 3.82. The van der Waals surface area contributed by atoms with Crippen LogP contribution in [0.15, 0.2) is 18.2 Å². The molecule has 2 N–H and O–H groups in total. The molecular formula is C26H33ClF3N3O5. The normalized spacial score (nSPS) is 25.1. The van der Waals surface area contributed by atoms with Crippen LogP contribution in [0, 0.1) is 17.8 Å². The van der Waals surface area contributed by atoms with Gasteiger partial charge in [-0.05, 0) is 49.8 Å². The Morgan fingerprint density at radius 3 is 2.39 bits per heavy atom. The lowest BCUT2D eigenvalue weighted by molar-refractivity contribution is -0.192. The highest BCUT2D eigenvalue weighted by Gasteiger charge is 2.57. The lowest BCUT2D eigenvalue weighted by Gasteiger charge is -2.43. The van der Waals surface area contributed by atoms with E-state index in [4.69, 9.17) is 26.2 Å². The fraction of sp³-hybridized carbons (Fsp3) is 0.654. The van der Waals surface area contributed by atoms with Gasteiger partial charge in [0, 0.05) is 49.2 Å². The van der Waals surface area contributed by atoms with Crippen molar-refractivity contribution < 1.29 is 37.4 Å². The number of piperidine rings is 1. The van der Waals surface area contributed by atoms with Gasteiger partial charge < -0.3 is 25.0 Å². The van der Waals surface area contributed by atoms with Gasteiger partial charge in [-0.25, -0.2) is 4.79 Å². The summed E-state index contributed by atoms with van der Waals surface area (Å²) in [7, 11) is 1.55. The van der Waals surface area contributed by atoms with Gasteiger partial charge in [-0.15, -0.1) is 0 Å². The molecule has 1 aromatic carbocycles. The Hall–Kier alpha value is -2.53. The molecule has 12 heteroatoms. The Balaban J connectivity index is 0.000000426. The van der Waals surface area contributed by atoms with Gasteiger partial charge in [0.15, 0.2) is 0 Å². The Kier molecular flexibility index (Phi) is 8.46. The molecule has 1 saturated carbocycles. The second-order valence-electron chi connectivity index (χ2n) is 10.7. The van der Waals surface area contributed by atoms with Gasteiger partial charge in [-0.3, -0.25) is 9.59 Å². The zero-order valence-electron chi connectivity index (χ0n) is 21.2. The lowest BCUT2D eigenvalue weighted by Crippen LogP contribution is -2.56. The summed E-state index contributed by atoms with van der Waals surface area (Å²) in [4.78, 5) is 39.3. The zero-order chi connectivity index (χ0) is 27.7.